The van der Waals surface area contributed by atoms with E-state index in [9.17, 15) is 9.59 Å². The Labute approximate surface area is 117 Å². The second-order valence-corrected chi connectivity index (χ2v) is 4.73. The molecule has 98 valence electrons. The summed E-state index contributed by atoms with van der Waals surface area (Å²) in [7, 11) is 0. The van der Waals surface area contributed by atoms with Gasteiger partial charge in [0.2, 0.25) is 0 Å². The first kappa shape index (κ1) is 13.2. The van der Waals surface area contributed by atoms with Gasteiger partial charge in [0.15, 0.2) is 0 Å². The van der Waals surface area contributed by atoms with Gasteiger partial charge in [-0.05, 0) is 24.3 Å². The van der Waals surface area contributed by atoms with Crippen molar-refractivity contribution in [3.05, 3.63) is 40.5 Å². The molecule has 1 heterocycles. The Bertz CT molecular complexity index is 651. The van der Waals surface area contributed by atoms with E-state index in [4.69, 9.17) is 11.5 Å². The van der Waals surface area contributed by atoms with Crippen LogP contribution in [0.25, 0.3) is 11.3 Å². The number of nitrogens with two attached hydrogens (primary N) is 2. The first-order valence-electron chi connectivity index (χ1n) is 5.32. The number of anilines is 1. The molecule has 3 amide bonds. The zero-order chi connectivity index (χ0) is 14.0. The number of nitrogens with one attached hydrogen (secondary N) is 2. The molecule has 6 nitrogen and oxygen atoms in total. The van der Waals surface area contributed by atoms with Crippen molar-refractivity contribution in [3.8, 4) is 11.3 Å². The number of primary amides is 2. The summed E-state index contributed by atoms with van der Waals surface area (Å²) in [5, 5.41) is 2.51. The Kier molecular flexibility index (Phi) is 3.57. The molecule has 0 saturated heterocycles. The van der Waals surface area contributed by atoms with Crippen LogP contribution < -0.4 is 16.8 Å². The second-order valence-electron chi connectivity index (χ2n) is 3.81. The third-order valence-corrected chi connectivity index (χ3v) is 3.01. The van der Waals surface area contributed by atoms with Gasteiger partial charge in [-0.3, -0.25) is 4.79 Å². The molecule has 1 aromatic carbocycles. The van der Waals surface area contributed by atoms with Crippen LogP contribution >= 0.6 is 15.9 Å². The van der Waals surface area contributed by atoms with Gasteiger partial charge in [0.25, 0.3) is 5.91 Å². The number of benzene rings is 1. The fourth-order valence-electron chi connectivity index (χ4n) is 1.77. The molecule has 0 spiro atoms. The molecule has 0 aliphatic heterocycles. The third-order valence-electron chi connectivity index (χ3n) is 2.52. The van der Waals surface area contributed by atoms with Crippen LogP contribution in [0.3, 0.4) is 0 Å². The van der Waals surface area contributed by atoms with Crippen molar-refractivity contribution in [3.63, 3.8) is 0 Å². The van der Waals surface area contributed by atoms with Gasteiger partial charge in [0.1, 0.15) is 0 Å². The van der Waals surface area contributed by atoms with Crippen molar-refractivity contribution in [1.29, 1.82) is 0 Å². The zero-order valence-electron chi connectivity index (χ0n) is 9.74. The van der Waals surface area contributed by atoms with Crippen LogP contribution in [0, 0.1) is 0 Å². The highest BCUT2D eigenvalue weighted by atomic mass is 79.9. The van der Waals surface area contributed by atoms with Crippen LogP contribution in [0.4, 0.5) is 10.5 Å². The summed E-state index contributed by atoms with van der Waals surface area (Å²) in [6.45, 7) is 0. The molecule has 1 aromatic heterocycles. The maximum absolute atomic E-state index is 11.3. The van der Waals surface area contributed by atoms with E-state index >= 15 is 0 Å². The molecule has 0 radical (unpaired) electrons. The fraction of sp³-hybridized carbons (Fsp3) is 0. The fourth-order valence-corrected chi connectivity index (χ4v) is 2.13. The molecule has 0 saturated carbocycles. The average molecular weight is 323 g/mol. The van der Waals surface area contributed by atoms with Gasteiger partial charge in [-0.15, -0.1) is 0 Å². The van der Waals surface area contributed by atoms with Crippen LogP contribution in [0.2, 0.25) is 0 Å². The quantitative estimate of drug-likeness (QED) is 0.692. The van der Waals surface area contributed by atoms with Crippen molar-refractivity contribution >= 4 is 33.6 Å². The lowest BCUT2D eigenvalue weighted by atomic mass is 10.1. The number of carbonyl (C=O) groups excluding carboxylic acids is 2. The largest absolute Gasteiger partial charge is 0.366 e. The minimum Gasteiger partial charge on any atom is -0.366 e. The van der Waals surface area contributed by atoms with Crippen molar-refractivity contribution in [1.82, 2.24) is 4.98 Å². The van der Waals surface area contributed by atoms with E-state index < -0.39 is 11.9 Å². The highest BCUT2D eigenvalue weighted by Gasteiger charge is 2.15. The van der Waals surface area contributed by atoms with Crippen LogP contribution in [0.15, 0.2) is 34.9 Å². The Hall–Kier alpha value is -2.28. The first-order chi connectivity index (χ1) is 8.99. The SMILES string of the molecule is NC(=O)Nc1cc(Br)ccc1-c1[nH]ccc1C(N)=O. The molecular weight excluding hydrogens is 312 g/mol. The Morgan fingerprint density at radius 1 is 1.21 bits per heavy atom. The smallest absolute Gasteiger partial charge is 0.316 e. The molecule has 0 aliphatic carbocycles. The van der Waals surface area contributed by atoms with Crippen molar-refractivity contribution in [2.75, 3.05) is 5.32 Å². The van der Waals surface area contributed by atoms with E-state index in [1.54, 1.807) is 30.5 Å². The van der Waals surface area contributed by atoms with E-state index in [0.717, 1.165) is 4.47 Å². The molecule has 0 atom stereocenters. The second kappa shape index (κ2) is 5.15. The Balaban J connectivity index is 2.58. The molecule has 0 bridgehead atoms. The summed E-state index contributed by atoms with van der Waals surface area (Å²) in [6, 6.07) is 6.10. The number of aromatic amines is 1. The average Bonchev–Trinajstić information content (AvgIpc) is 2.77. The monoisotopic (exact) mass is 322 g/mol. The summed E-state index contributed by atoms with van der Waals surface area (Å²) >= 11 is 3.30. The van der Waals surface area contributed by atoms with Crippen LogP contribution in [0.1, 0.15) is 10.4 Å². The molecular formula is C12H11BrN4O2. The predicted molar refractivity (Wildman–Crippen MR) is 75.7 cm³/mol. The third kappa shape index (κ3) is 2.76. The lowest BCUT2D eigenvalue weighted by molar-refractivity contribution is 0.100. The highest BCUT2D eigenvalue weighted by molar-refractivity contribution is 9.10. The predicted octanol–water partition coefficient (Wildman–Crippen LogP) is 2.03. The topological polar surface area (TPSA) is 114 Å². The molecule has 6 N–H and O–H groups in total. The highest BCUT2D eigenvalue weighted by Crippen LogP contribution is 2.31. The van der Waals surface area contributed by atoms with Gasteiger partial charge in [-0.1, -0.05) is 15.9 Å². The number of halogens is 1. The minimum absolute atomic E-state index is 0.342. The number of aromatic nitrogens is 1. The number of urea groups is 1. The summed E-state index contributed by atoms with van der Waals surface area (Å²) in [4.78, 5) is 25.3. The molecule has 0 aliphatic rings. The van der Waals surface area contributed by atoms with E-state index in [0.29, 0.717) is 22.5 Å². The summed E-state index contributed by atoms with van der Waals surface area (Å²) < 4.78 is 0.771. The molecule has 2 rings (SSSR count). The van der Waals surface area contributed by atoms with E-state index in [2.05, 4.69) is 26.2 Å². The van der Waals surface area contributed by atoms with Crippen molar-refractivity contribution < 1.29 is 9.59 Å². The number of amides is 3. The summed E-state index contributed by atoms with van der Waals surface area (Å²) in [6.07, 6.45) is 1.60. The van der Waals surface area contributed by atoms with Gasteiger partial charge in [-0.2, -0.15) is 0 Å². The minimum atomic E-state index is -0.688. The van der Waals surface area contributed by atoms with E-state index in [1.807, 2.05) is 0 Å². The Morgan fingerprint density at radius 2 is 1.95 bits per heavy atom. The molecule has 0 fully saturated rings. The normalized spacial score (nSPS) is 10.2. The van der Waals surface area contributed by atoms with E-state index in [1.165, 1.54) is 0 Å². The van der Waals surface area contributed by atoms with Gasteiger partial charge >= 0.3 is 6.03 Å². The summed E-state index contributed by atoms with van der Waals surface area (Å²) in [5.74, 6) is -0.552. The van der Waals surface area contributed by atoms with E-state index in [-0.39, 0.29) is 0 Å². The molecule has 2 aromatic rings. The van der Waals surface area contributed by atoms with Gasteiger partial charge in [0, 0.05) is 16.2 Å². The van der Waals surface area contributed by atoms with Crippen LogP contribution in [0.5, 0.6) is 0 Å². The maximum atomic E-state index is 11.3. The standard InChI is InChI=1S/C12H11BrN4O2/c13-6-1-2-7(9(5-6)17-12(15)19)10-8(11(14)18)3-4-16-10/h1-5,16H,(H2,14,18)(H3,15,17,19). The lowest BCUT2D eigenvalue weighted by Crippen LogP contribution is -2.20. The van der Waals surface area contributed by atoms with Gasteiger partial charge in [-0.25, -0.2) is 4.79 Å². The number of hydrogen-bond acceptors (Lipinski definition) is 2. The lowest BCUT2D eigenvalue weighted by Gasteiger charge is -2.10. The Morgan fingerprint density at radius 3 is 2.58 bits per heavy atom. The van der Waals surface area contributed by atoms with Crippen LogP contribution in [-0.4, -0.2) is 16.9 Å². The molecule has 7 heteroatoms. The van der Waals surface area contributed by atoms with Crippen molar-refractivity contribution in [2.45, 2.75) is 0 Å². The first-order valence-corrected chi connectivity index (χ1v) is 6.12. The van der Waals surface area contributed by atoms with Gasteiger partial charge < -0.3 is 21.8 Å². The molecule has 0 unspecified atom stereocenters. The molecule has 19 heavy (non-hydrogen) atoms. The zero-order valence-corrected chi connectivity index (χ0v) is 11.3. The van der Waals surface area contributed by atoms with Crippen LogP contribution in [-0.2, 0) is 0 Å². The number of carbonyl (C=O) groups is 2. The van der Waals surface area contributed by atoms with Crippen molar-refractivity contribution in [2.24, 2.45) is 11.5 Å². The van der Waals surface area contributed by atoms with Gasteiger partial charge in [0.05, 0.1) is 16.9 Å². The number of hydrogen-bond donors (Lipinski definition) is 4. The number of H-pyrrole nitrogens is 1. The number of rotatable bonds is 3. The maximum Gasteiger partial charge on any atom is 0.316 e. The summed E-state index contributed by atoms with van der Waals surface area (Å²) in [5.41, 5.74) is 12.4.